The van der Waals surface area contributed by atoms with Crippen LogP contribution in [0.25, 0.3) is 0 Å². The number of allylic oxidation sites excluding steroid dienone is 1. The minimum atomic E-state index is -0.795. The number of ether oxygens (including phenoxy) is 1. The molecule has 1 aromatic heterocycles. The second-order valence-electron chi connectivity index (χ2n) is 6.81. The summed E-state index contributed by atoms with van der Waals surface area (Å²) in [4.78, 5) is 19.5. The zero-order valence-corrected chi connectivity index (χ0v) is 16.1. The van der Waals surface area contributed by atoms with E-state index in [1.807, 2.05) is 36.7 Å². The fourth-order valence-electron chi connectivity index (χ4n) is 3.40. The molecular weight excluding hydrogens is 354 g/mol. The van der Waals surface area contributed by atoms with E-state index in [2.05, 4.69) is 33.5 Å². The first-order valence-electron chi connectivity index (χ1n) is 9.65. The molecule has 2 aromatic rings. The van der Waals surface area contributed by atoms with Crippen LogP contribution in [0.15, 0.2) is 55.4 Å². The molecule has 1 saturated heterocycles. The van der Waals surface area contributed by atoms with Gasteiger partial charge in [0, 0.05) is 56.4 Å². The van der Waals surface area contributed by atoms with Crippen molar-refractivity contribution in [3.05, 3.63) is 60.9 Å². The lowest BCUT2D eigenvalue weighted by molar-refractivity contribution is -0.137. The molecule has 28 heavy (non-hydrogen) atoms. The van der Waals surface area contributed by atoms with Crippen LogP contribution < -0.4 is 14.5 Å². The molecule has 0 radical (unpaired) electrons. The predicted octanol–water partition coefficient (Wildman–Crippen LogP) is 3.38. The Morgan fingerprint density at radius 3 is 2.43 bits per heavy atom. The van der Waals surface area contributed by atoms with Gasteiger partial charge in [0.2, 0.25) is 0 Å². The van der Waals surface area contributed by atoms with Gasteiger partial charge in [-0.1, -0.05) is 6.08 Å². The van der Waals surface area contributed by atoms with Crippen molar-refractivity contribution < 1.29 is 14.6 Å². The Labute approximate surface area is 166 Å². The lowest BCUT2D eigenvalue weighted by Crippen LogP contribution is -2.46. The maximum absolute atomic E-state index is 10.6. The Morgan fingerprint density at radius 1 is 1.11 bits per heavy atom. The number of carboxylic acid groups (broad SMARTS) is 1. The van der Waals surface area contributed by atoms with Crippen LogP contribution in [0.4, 0.5) is 11.4 Å². The summed E-state index contributed by atoms with van der Waals surface area (Å²) in [5.41, 5.74) is 3.48. The molecule has 6 heteroatoms. The highest BCUT2D eigenvalue weighted by molar-refractivity contribution is 5.66. The monoisotopic (exact) mass is 381 g/mol. The Kier molecular flexibility index (Phi) is 6.89. The van der Waals surface area contributed by atoms with Crippen molar-refractivity contribution in [2.45, 2.75) is 19.3 Å². The van der Waals surface area contributed by atoms with Crippen molar-refractivity contribution in [1.82, 2.24) is 4.98 Å². The van der Waals surface area contributed by atoms with Crippen LogP contribution >= 0.6 is 0 Å². The van der Waals surface area contributed by atoms with Crippen molar-refractivity contribution in [1.29, 1.82) is 0 Å². The molecule has 1 aliphatic rings. The first-order chi connectivity index (χ1) is 13.7. The molecule has 1 aromatic carbocycles. The Morgan fingerprint density at radius 2 is 1.79 bits per heavy atom. The fraction of sp³-hybridized carbons (Fsp3) is 0.364. The third kappa shape index (κ3) is 5.25. The molecule has 0 atom stereocenters. The van der Waals surface area contributed by atoms with Gasteiger partial charge in [0.1, 0.15) is 5.75 Å². The maximum Gasteiger partial charge on any atom is 0.303 e. The van der Waals surface area contributed by atoms with E-state index in [-0.39, 0.29) is 6.42 Å². The largest absolute Gasteiger partial charge is 0.493 e. The zero-order valence-electron chi connectivity index (χ0n) is 16.1. The van der Waals surface area contributed by atoms with E-state index in [1.165, 1.54) is 11.4 Å². The molecule has 2 heterocycles. The number of hydrogen-bond donors (Lipinski definition) is 1. The Bertz CT molecular complexity index is 787. The molecule has 0 aliphatic carbocycles. The summed E-state index contributed by atoms with van der Waals surface area (Å²) in [7, 11) is 0. The predicted molar refractivity (Wildman–Crippen MR) is 111 cm³/mol. The topological polar surface area (TPSA) is 65.9 Å². The average molecular weight is 381 g/mol. The third-order valence-electron chi connectivity index (χ3n) is 4.87. The van der Waals surface area contributed by atoms with Gasteiger partial charge in [-0.25, -0.2) is 0 Å². The highest BCUT2D eigenvalue weighted by atomic mass is 16.5. The van der Waals surface area contributed by atoms with Gasteiger partial charge in [0.25, 0.3) is 0 Å². The summed E-state index contributed by atoms with van der Waals surface area (Å²) in [6.45, 7) is 8.09. The first kappa shape index (κ1) is 19.7. The van der Waals surface area contributed by atoms with Crippen LogP contribution in [0.2, 0.25) is 0 Å². The second kappa shape index (κ2) is 9.78. The van der Waals surface area contributed by atoms with Gasteiger partial charge in [0.05, 0.1) is 6.61 Å². The van der Waals surface area contributed by atoms with Gasteiger partial charge in [-0.15, -0.1) is 6.58 Å². The summed E-state index contributed by atoms with van der Waals surface area (Å²) < 4.78 is 5.81. The van der Waals surface area contributed by atoms with E-state index in [1.54, 1.807) is 0 Å². The van der Waals surface area contributed by atoms with Crippen molar-refractivity contribution in [2.75, 3.05) is 42.6 Å². The quantitative estimate of drug-likeness (QED) is 0.531. The summed E-state index contributed by atoms with van der Waals surface area (Å²) in [5.74, 6) is 0.0145. The van der Waals surface area contributed by atoms with Gasteiger partial charge in [-0.2, -0.15) is 0 Å². The number of aromatic nitrogens is 1. The van der Waals surface area contributed by atoms with E-state index >= 15 is 0 Å². The lowest BCUT2D eigenvalue weighted by Gasteiger charge is -2.37. The van der Waals surface area contributed by atoms with E-state index in [0.29, 0.717) is 13.0 Å². The standard InChI is InChI=1S/C22H27N3O3/c1-2-4-18-17-20(6-7-21(18)28-16-3-5-22(26)27)25-14-12-24(13-15-25)19-8-10-23-11-9-19/h2,6-11,17H,1,3-5,12-16H2,(H,26,27). The lowest BCUT2D eigenvalue weighted by atomic mass is 10.1. The summed E-state index contributed by atoms with van der Waals surface area (Å²) in [6.07, 6.45) is 6.87. The number of benzene rings is 1. The number of rotatable bonds is 9. The van der Waals surface area contributed by atoms with Crippen LogP contribution in [-0.4, -0.2) is 48.8 Å². The molecular formula is C22H27N3O3. The van der Waals surface area contributed by atoms with Gasteiger partial charge < -0.3 is 19.6 Å². The number of hydrogen-bond acceptors (Lipinski definition) is 5. The van der Waals surface area contributed by atoms with Gasteiger partial charge in [-0.05, 0) is 48.7 Å². The summed E-state index contributed by atoms with van der Waals surface area (Å²) in [5, 5.41) is 8.74. The number of piperazine rings is 1. The Hall–Kier alpha value is -3.02. The molecule has 148 valence electrons. The highest BCUT2D eigenvalue weighted by Crippen LogP contribution is 2.27. The summed E-state index contributed by atoms with van der Waals surface area (Å²) >= 11 is 0. The average Bonchev–Trinajstić information content (AvgIpc) is 2.73. The minimum absolute atomic E-state index is 0.122. The fourth-order valence-corrected chi connectivity index (χ4v) is 3.40. The molecule has 1 aliphatic heterocycles. The molecule has 0 spiro atoms. The number of anilines is 2. The first-order valence-corrected chi connectivity index (χ1v) is 9.65. The summed E-state index contributed by atoms with van der Waals surface area (Å²) in [6, 6.07) is 10.3. The number of aliphatic carboxylic acids is 1. The van der Waals surface area contributed by atoms with Crippen molar-refractivity contribution >= 4 is 17.3 Å². The molecule has 0 amide bonds. The number of carbonyl (C=O) groups is 1. The van der Waals surface area contributed by atoms with E-state index in [0.717, 1.165) is 43.9 Å². The number of nitrogens with zero attached hydrogens (tertiary/aromatic N) is 3. The molecule has 0 unspecified atom stereocenters. The van der Waals surface area contributed by atoms with E-state index in [9.17, 15) is 4.79 Å². The second-order valence-corrected chi connectivity index (χ2v) is 6.81. The maximum atomic E-state index is 10.6. The van der Waals surface area contributed by atoms with E-state index < -0.39 is 5.97 Å². The third-order valence-corrected chi connectivity index (χ3v) is 4.87. The number of carboxylic acids is 1. The van der Waals surface area contributed by atoms with Gasteiger partial charge in [0.15, 0.2) is 0 Å². The highest BCUT2D eigenvalue weighted by Gasteiger charge is 2.18. The normalized spacial score (nSPS) is 14.0. The molecule has 1 fully saturated rings. The van der Waals surface area contributed by atoms with Gasteiger partial charge in [-0.3, -0.25) is 9.78 Å². The molecule has 0 bridgehead atoms. The van der Waals surface area contributed by atoms with Crippen molar-refractivity contribution in [2.24, 2.45) is 0 Å². The van der Waals surface area contributed by atoms with Crippen molar-refractivity contribution in [3.63, 3.8) is 0 Å². The zero-order chi connectivity index (χ0) is 19.8. The van der Waals surface area contributed by atoms with Crippen LogP contribution in [-0.2, 0) is 11.2 Å². The van der Waals surface area contributed by atoms with Crippen molar-refractivity contribution in [3.8, 4) is 5.75 Å². The molecule has 3 rings (SSSR count). The van der Waals surface area contributed by atoms with Crippen LogP contribution in [0, 0.1) is 0 Å². The molecule has 6 nitrogen and oxygen atoms in total. The Balaban J connectivity index is 1.61. The smallest absolute Gasteiger partial charge is 0.303 e. The molecule has 1 N–H and O–H groups in total. The SMILES string of the molecule is C=CCc1cc(N2CCN(c3ccncc3)CC2)ccc1OCCCC(=O)O. The van der Waals surface area contributed by atoms with Crippen LogP contribution in [0.5, 0.6) is 5.75 Å². The van der Waals surface area contributed by atoms with Gasteiger partial charge >= 0.3 is 5.97 Å². The van der Waals surface area contributed by atoms with Crippen LogP contribution in [0.3, 0.4) is 0 Å². The number of pyridine rings is 1. The minimum Gasteiger partial charge on any atom is -0.493 e. The van der Waals surface area contributed by atoms with Crippen LogP contribution in [0.1, 0.15) is 18.4 Å². The molecule has 0 saturated carbocycles. The van der Waals surface area contributed by atoms with E-state index in [4.69, 9.17) is 9.84 Å².